The van der Waals surface area contributed by atoms with Crippen molar-refractivity contribution < 1.29 is 18.3 Å². The summed E-state index contributed by atoms with van der Waals surface area (Å²) in [6.07, 6.45) is 0.271. The Morgan fingerprint density at radius 1 is 1.10 bits per heavy atom. The average molecular weight is 301 g/mol. The first kappa shape index (κ1) is 16.3. The van der Waals surface area contributed by atoms with Crippen molar-refractivity contribution >= 4 is 0 Å². The third-order valence-electron chi connectivity index (χ3n) is 4.18. The highest BCUT2D eigenvalue weighted by Gasteiger charge is 2.30. The van der Waals surface area contributed by atoms with Gasteiger partial charge in [-0.2, -0.15) is 13.2 Å². The number of rotatable bonds is 3. The van der Waals surface area contributed by atoms with Crippen LogP contribution in [-0.2, 0) is 6.18 Å². The maximum absolute atomic E-state index is 12.5. The lowest BCUT2D eigenvalue weighted by molar-refractivity contribution is -0.137. The van der Waals surface area contributed by atoms with Gasteiger partial charge < -0.3 is 10.4 Å². The maximum Gasteiger partial charge on any atom is 0.416 e. The Kier molecular flexibility index (Phi) is 5.27. The number of alkyl halides is 3. The third kappa shape index (κ3) is 4.45. The first-order chi connectivity index (χ1) is 9.88. The van der Waals surface area contributed by atoms with Crippen LogP contribution < -0.4 is 5.32 Å². The molecule has 3 unspecified atom stereocenters. The molecule has 0 spiro atoms. The number of halogens is 3. The van der Waals surface area contributed by atoms with Crippen molar-refractivity contribution in [3.8, 4) is 0 Å². The summed E-state index contributed by atoms with van der Waals surface area (Å²) < 4.78 is 37.6. The molecule has 3 atom stereocenters. The quantitative estimate of drug-likeness (QED) is 0.826. The van der Waals surface area contributed by atoms with E-state index >= 15 is 0 Å². The summed E-state index contributed by atoms with van der Waals surface area (Å²) in [5.74, 6) is 0. The van der Waals surface area contributed by atoms with Crippen molar-refractivity contribution in [3.05, 3.63) is 35.4 Å². The highest BCUT2D eigenvalue weighted by atomic mass is 19.4. The van der Waals surface area contributed by atoms with Crippen LogP contribution in [0.2, 0.25) is 0 Å². The Balaban J connectivity index is 2.00. The van der Waals surface area contributed by atoms with Gasteiger partial charge in [-0.15, -0.1) is 0 Å². The second-order valence-corrected chi connectivity index (χ2v) is 5.82. The Labute approximate surface area is 123 Å². The van der Waals surface area contributed by atoms with Crippen LogP contribution in [-0.4, -0.2) is 17.3 Å². The minimum Gasteiger partial charge on any atom is -0.392 e. The van der Waals surface area contributed by atoms with E-state index in [0.29, 0.717) is 0 Å². The largest absolute Gasteiger partial charge is 0.416 e. The van der Waals surface area contributed by atoms with Crippen molar-refractivity contribution in [1.29, 1.82) is 0 Å². The summed E-state index contributed by atoms with van der Waals surface area (Å²) in [6, 6.07) is 5.16. The van der Waals surface area contributed by atoms with Gasteiger partial charge in [-0.05, 0) is 37.5 Å². The Bertz CT molecular complexity index is 444. The molecule has 21 heavy (non-hydrogen) atoms. The summed E-state index contributed by atoms with van der Waals surface area (Å²) in [6.45, 7) is 1.92. The normalized spacial score (nSPS) is 25.4. The summed E-state index contributed by atoms with van der Waals surface area (Å²) in [5, 5.41) is 13.4. The Hall–Kier alpha value is -1.07. The van der Waals surface area contributed by atoms with E-state index in [0.717, 1.165) is 49.8 Å². The van der Waals surface area contributed by atoms with Gasteiger partial charge in [0.2, 0.25) is 0 Å². The molecule has 1 saturated carbocycles. The van der Waals surface area contributed by atoms with Gasteiger partial charge in [0, 0.05) is 12.1 Å². The van der Waals surface area contributed by atoms with Crippen molar-refractivity contribution in [2.75, 3.05) is 0 Å². The van der Waals surface area contributed by atoms with Crippen LogP contribution in [0.1, 0.15) is 56.2 Å². The van der Waals surface area contributed by atoms with E-state index in [4.69, 9.17) is 0 Å². The van der Waals surface area contributed by atoms with E-state index < -0.39 is 11.7 Å². The highest BCUT2D eigenvalue weighted by molar-refractivity contribution is 5.26. The van der Waals surface area contributed by atoms with Crippen molar-refractivity contribution in [2.45, 2.75) is 63.4 Å². The molecule has 1 fully saturated rings. The molecule has 2 nitrogen and oxygen atoms in total. The van der Waals surface area contributed by atoms with Gasteiger partial charge in [-0.25, -0.2) is 0 Å². The van der Waals surface area contributed by atoms with Crippen LogP contribution in [0, 0.1) is 0 Å². The second-order valence-electron chi connectivity index (χ2n) is 5.82. The Morgan fingerprint density at radius 2 is 1.71 bits per heavy atom. The third-order valence-corrected chi connectivity index (χ3v) is 4.18. The van der Waals surface area contributed by atoms with Crippen LogP contribution in [0.3, 0.4) is 0 Å². The van der Waals surface area contributed by atoms with Gasteiger partial charge in [-0.3, -0.25) is 0 Å². The second kappa shape index (κ2) is 6.79. The van der Waals surface area contributed by atoms with Crippen molar-refractivity contribution in [1.82, 2.24) is 5.32 Å². The van der Waals surface area contributed by atoms with Crippen LogP contribution >= 0.6 is 0 Å². The molecular formula is C16H22F3NO. The summed E-state index contributed by atoms with van der Waals surface area (Å²) in [7, 11) is 0. The first-order valence-electron chi connectivity index (χ1n) is 7.49. The van der Waals surface area contributed by atoms with Gasteiger partial charge in [0.25, 0.3) is 0 Å². The predicted octanol–water partition coefficient (Wildman–Crippen LogP) is 4.05. The minimum atomic E-state index is -4.30. The smallest absolute Gasteiger partial charge is 0.392 e. The lowest BCUT2D eigenvalue weighted by Gasteiger charge is -2.26. The molecule has 0 amide bonds. The number of hydrogen-bond acceptors (Lipinski definition) is 2. The van der Waals surface area contributed by atoms with Crippen LogP contribution in [0.25, 0.3) is 0 Å². The number of nitrogens with one attached hydrogen (secondary N) is 1. The van der Waals surface area contributed by atoms with Crippen LogP contribution in [0.5, 0.6) is 0 Å². The van der Waals surface area contributed by atoms with E-state index in [1.807, 2.05) is 6.92 Å². The molecule has 1 aromatic carbocycles. The summed E-state index contributed by atoms with van der Waals surface area (Å²) in [5.41, 5.74) is 0.174. The predicted molar refractivity (Wildman–Crippen MR) is 75.9 cm³/mol. The number of hydrogen-bond donors (Lipinski definition) is 2. The zero-order valence-corrected chi connectivity index (χ0v) is 12.2. The molecule has 1 aliphatic rings. The van der Waals surface area contributed by atoms with E-state index in [2.05, 4.69) is 5.32 Å². The standard InChI is InChI=1S/C16H22F3NO/c1-11(20-14-5-3-2-4-6-15(14)21)12-7-9-13(10-8-12)16(17,18)19/h7-11,14-15,20-21H,2-6H2,1H3. The topological polar surface area (TPSA) is 32.3 Å². The molecule has 2 N–H and O–H groups in total. The van der Waals surface area contributed by atoms with Gasteiger partial charge in [0.1, 0.15) is 0 Å². The molecule has 1 aromatic rings. The molecule has 0 aromatic heterocycles. The molecule has 1 aliphatic carbocycles. The monoisotopic (exact) mass is 301 g/mol. The van der Waals surface area contributed by atoms with Gasteiger partial charge >= 0.3 is 6.18 Å². The molecule has 118 valence electrons. The fourth-order valence-corrected chi connectivity index (χ4v) is 2.86. The van der Waals surface area contributed by atoms with E-state index in [1.54, 1.807) is 0 Å². The molecule has 0 bridgehead atoms. The van der Waals surface area contributed by atoms with Crippen LogP contribution in [0.4, 0.5) is 13.2 Å². The molecular weight excluding hydrogens is 279 g/mol. The van der Waals surface area contributed by atoms with Crippen molar-refractivity contribution in [3.63, 3.8) is 0 Å². The van der Waals surface area contributed by atoms with E-state index in [1.165, 1.54) is 12.1 Å². The maximum atomic E-state index is 12.5. The summed E-state index contributed by atoms with van der Waals surface area (Å²) in [4.78, 5) is 0. The Morgan fingerprint density at radius 3 is 2.33 bits per heavy atom. The minimum absolute atomic E-state index is 0.0183. The van der Waals surface area contributed by atoms with Gasteiger partial charge in [-0.1, -0.05) is 31.4 Å². The lowest BCUT2D eigenvalue weighted by Crippen LogP contribution is -2.40. The number of aliphatic hydroxyl groups is 1. The fourth-order valence-electron chi connectivity index (χ4n) is 2.86. The molecule has 0 heterocycles. The molecule has 0 aliphatic heterocycles. The van der Waals surface area contributed by atoms with Gasteiger partial charge in [0.15, 0.2) is 0 Å². The van der Waals surface area contributed by atoms with E-state index in [9.17, 15) is 18.3 Å². The zero-order valence-electron chi connectivity index (χ0n) is 12.2. The van der Waals surface area contributed by atoms with E-state index in [-0.39, 0.29) is 18.2 Å². The zero-order chi connectivity index (χ0) is 15.5. The first-order valence-corrected chi connectivity index (χ1v) is 7.49. The molecule has 2 rings (SSSR count). The fraction of sp³-hybridized carbons (Fsp3) is 0.625. The van der Waals surface area contributed by atoms with Crippen LogP contribution in [0.15, 0.2) is 24.3 Å². The molecule has 0 radical (unpaired) electrons. The molecule has 5 heteroatoms. The average Bonchev–Trinajstić information content (AvgIpc) is 2.63. The van der Waals surface area contributed by atoms with Crippen molar-refractivity contribution in [2.24, 2.45) is 0 Å². The molecule has 0 saturated heterocycles. The summed E-state index contributed by atoms with van der Waals surface area (Å²) >= 11 is 0. The van der Waals surface area contributed by atoms with Gasteiger partial charge in [0.05, 0.1) is 11.7 Å². The lowest BCUT2D eigenvalue weighted by atomic mass is 10.0. The number of benzene rings is 1. The highest BCUT2D eigenvalue weighted by Crippen LogP contribution is 2.30. The SMILES string of the molecule is CC(NC1CCCCCC1O)c1ccc(C(F)(F)F)cc1. The number of aliphatic hydroxyl groups excluding tert-OH is 1.